The Morgan fingerprint density at radius 2 is 1.78 bits per heavy atom. The number of pyridine rings is 1. The molecule has 0 unspecified atom stereocenters. The van der Waals surface area contributed by atoms with Crippen molar-refractivity contribution in [3.8, 4) is 17.3 Å². The number of nitriles is 1. The van der Waals surface area contributed by atoms with Crippen LogP contribution in [0.5, 0.6) is 0 Å². The Morgan fingerprint density at radius 1 is 1.12 bits per heavy atom. The summed E-state index contributed by atoms with van der Waals surface area (Å²) in [6.45, 7) is 9.81. The molecule has 2 aromatic rings. The number of aromatic nitrogens is 1. The number of aryl methyl sites for hydroxylation is 2. The average Bonchev–Trinajstić information content (AvgIpc) is 2.81. The van der Waals surface area contributed by atoms with Crippen molar-refractivity contribution < 1.29 is 9.59 Å². The molecular weight excluding hydrogens is 398 g/mol. The van der Waals surface area contributed by atoms with Gasteiger partial charge in [0, 0.05) is 24.6 Å². The summed E-state index contributed by atoms with van der Waals surface area (Å²) in [7, 11) is 0. The lowest BCUT2D eigenvalue weighted by Gasteiger charge is -2.42. The molecule has 0 atom stereocenters. The van der Waals surface area contributed by atoms with E-state index in [-0.39, 0.29) is 17.0 Å². The predicted octanol–water partition coefficient (Wildman–Crippen LogP) is 4.90. The maximum absolute atomic E-state index is 13.2. The number of ketones is 2. The minimum Gasteiger partial charge on any atom is -0.317 e. The number of nitrogens with one attached hydrogen (secondary N) is 1. The summed E-state index contributed by atoms with van der Waals surface area (Å²) in [6, 6.07) is 9.74. The van der Waals surface area contributed by atoms with Crippen LogP contribution in [-0.4, -0.2) is 29.6 Å². The molecule has 168 valence electrons. The van der Waals surface area contributed by atoms with Crippen LogP contribution < -0.4 is 5.32 Å². The van der Waals surface area contributed by atoms with Crippen molar-refractivity contribution in [2.45, 2.75) is 65.7 Å². The fraction of sp³-hybridized carbons (Fsp3) is 0.481. The second-order valence-electron chi connectivity index (χ2n) is 8.73. The Balaban J connectivity index is 0.00000141. The van der Waals surface area contributed by atoms with Gasteiger partial charge in [-0.2, -0.15) is 5.26 Å². The molecular formula is C27H33N3O2. The van der Waals surface area contributed by atoms with Crippen LogP contribution in [0.3, 0.4) is 0 Å². The van der Waals surface area contributed by atoms with Gasteiger partial charge in [0.25, 0.3) is 0 Å². The van der Waals surface area contributed by atoms with Gasteiger partial charge >= 0.3 is 0 Å². The fourth-order valence-corrected chi connectivity index (χ4v) is 5.17. The Hall–Kier alpha value is -2.84. The molecule has 2 fully saturated rings. The predicted molar refractivity (Wildman–Crippen MR) is 126 cm³/mol. The smallest absolute Gasteiger partial charge is 0.148 e. The number of benzene rings is 1. The van der Waals surface area contributed by atoms with Crippen molar-refractivity contribution >= 4 is 11.6 Å². The minimum atomic E-state index is -0.636. The molecule has 1 saturated carbocycles. The zero-order valence-electron chi connectivity index (χ0n) is 19.6. The molecule has 5 nitrogen and oxygen atoms in total. The lowest BCUT2D eigenvalue weighted by atomic mass is 9.63. The van der Waals surface area contributed by atoms with Gasteiger partial charge < -0.3 is 5.32 Å². The van der Waals surface area contributed by atoms with Gasteiger partial charge in [-0.25, -0.2) is 0 Å². The third-order valence-corrected chi connectivity index (χ3v) is 6.74. The van der Waals surface area contributed by atoms with Gasteiger partial charge in [0.1, 0.15) is 23.6 Å². The van der Waals surface area contributed by atoms with E-state index in [1.165, 1.54) is 0 Å². The summed E-state index contributed by atoms with van der Waals surface area (Å²) in [5.74, 6) is -0.478. The Morgan fingerprint density at radius 3 is 2.31 bits per heavy atom. The molecule has 4 rings (SSSR count). The number of hydrogen-bond donors (Lipinski definition) is 1. The standard InChI is InChI=1S/C25H27N3O2.C2H6/c1-3-18-11-19(20-5-4-17(14-26)15-28-20)10-16(2)23(18)24-21(29)12-25(13-22(24)30)6-8-27-9-7-25;1-2/h4-5,10-11,15,24,27H,3,6-9,12-13H2,1-2H3;1-2H3. The van der Waals surface area contributed by atoms with E-state index in [9.17, 15) is 9.59 Å². The van der Waals surface area contributed by atoms with Crippen LogP contribution in [0.1, 0.15) is 74.6 Å². The maximum Gasteiger partial charge on any atom is 0.148 e. The summed E-state index contributed by atoms with van der Waals surface area (Å²) in [5.41, 5.74) is 5.01. The van der Waals surface area contributed by atoms with Crippen LogP contribution in [0.4, 0.5) is 0 Å². The van der Waals surface area contributed by atoms with E-state index in [1.807, 2.05) is 39.0 Å². The van der Waals surface area contributed by atoms with E-state index in [2.05, 4.69) is 23.3 Å². The summed E-state index contributed by atoms with van der Waals surface area (Å²) in [6.07, 6.45) is 5.13. The molecule has 0 amide bonds. The first kappa shape index (κ1) is 23.8. The summed E-state index contributed by atoms with van der Waals surface area (Å²) >= 11 is 0. The molecule has 1 aliphatic heterocycles. The van der Waals surface area contributed by atoms with Gasteiger partial charge in [0.2, 0.25) is 0 Å². The van der Waals surface area contributed by atoms with Gasteiger partial charge in [0.15, 0.2) is 0 Å². The third-order valence-electron chi connectivity index (χ3n) is 6.74. The normalized spacial score (nSPS) is 18.1. The van der Waals surface area contributed by atoms with Crippen molar-refractivity contribution in [2.24, 2.45) is 5.41 Å². The first-order valence-electron chi connectivity index (χ1n) is 11.7. The van der Waals surface area contributed by atoms with Gasteiger partial charge in [-0.15, -0.1) is 0 Å². The van der Waals surface area contributed by atoms with Crippen molar-refractivity contribution in [3.05, 3.63) is 52.7 Å². The molecule has 1 spiro atoms. The summed E-state index contributed by atoms with van der Waals surface area (Å²) in [5, 5.41) is 12.3. The SMILES string of the molecule is CC.CCc1cc(-c2ccc(C#N)cn2)cc(C)c1C1C(=O)CC2(CCNCC2)CC1=O. The summed E-state index contributed by atoms with van der Waals surface area (Å²) < 4.78 is 0. The van der Waals surface area contributed by atoms with Crippen LogP contribution in [0.2, 0.25) is 0 Å². The lowest BCUT2D eigenvalue weighted by Crippen LogP contribution is -2.45. The monoisotopic (exact) mass is 431 g/mol. The van der Waals surface area contributed by atoms with E-state index in [0.717, 1.165) is 60.3 Å². The van der Waals surface area contributed by atoms with Crippen LogP contribution >= 0.6 is 0 Å². The molecule has 2 heterocycles. The Bertz CT molecular complexity index is 1010. The first-order valence-corrected chi connectivity index (χ1v) is 11.7. The van der Waals surface area contributed by atoms with Crippen LogP contribution in [0, 0.1) is 23.7 Å². The molecule has 1 N–H and O–H groups in total. The molecule has 1 aromatic carbocycles. The van der Waals surface area contributed by atoms with E-state index in [4.69, 9.17) is 5.26 Å². The number of piperidine rings is 1. The van der Waals surface area contributed by atoms with E-state index < -0.39 is 5.92 Å². The quantitative estimate of drug-likeness (QED) is 0.699. The number of carbonyl (C=O) groups excluding carboxylic acids is 2. The average molecular weight is 432 g/mol. The van der Waals surface area contributed by atoms with E-state index >= 15 is 0 Å². The highest BCUT2D eigenvalue weighted by molar-refractivity contribution is 6.10. The Labute approximate surface area is 191 Å². The lowest BCUT2D eigenvalue weighted by molar-refractivity contribution is -0.137. The molecule has 5 heteroatoms. The zero-order valence-corrected chi connectivity index (χ0v) is 19.6. The number of nitrogens with zero attached hydrogens (tertiary/aromatic N) is 2. The second kappa shape index (κ2) is 10.2. The molecule has 2 aliphatic rings. The largest absolute Gasteiger partial charge is 0.317 e. The van der Waals surface area contributed by atoms with Crippen molar-refractivity contribution in [2.75, 3.05) is 13.1 Å². The van der Waals surface area contributed by atoms with Gasteiger partial charge in [0.05, 0.1) is 11.3 Å². The number of rotatable bonds is 3. The van der Waals surface area contributed by atoms with Gasteiger partial charge in [-0.1, -0.05) is 20.8 Å². The van der Waals surface area contributed by atoms with E-state index in [0.29, 0.717) is 18.4 Å². The molecule has 1 saturated heterocycles. The van der Waals surface area contributed by atoms with E-state index in [1.54, 1.807) is 12.3 Å². The molecule has 1 aliphatic carbocycles. The number of hydrogen-bond acceptors (Lipinski definition) is 5. The zero-order chi connectivity index (χ0) is 23.3. The molecule has 32 heavy (non-hydrogen) atoms. The second-order valence-corrected chi connectivity index (χ2v) is 8.73. The molecule has 1 aromatic heterocycles. The molecule has 0 radical (unpaired) electrons. The highest BCUT2D eigenvalue weighted by Crippen LogP contribution is 2.46. The number of carbonyl (C=O) groups is 2. The maximum atomic E-state index is 13.2. The van der Waals surface area contributed by atoms with Crippen LogP contribution in [0.15, 0.2) is 30.5 Å². The van der Waals surface area contributed by atoms with Crippen molar-refractivity contribution in [3.63, 3.8) is 0 Å². The fourth-order valence-electron chi connectivity index (χ4n) is 5.17. The minimum absolute atomic E-state index is 0.0789. The summed E-state index contributed by atoms with van der Waals surface area (Å²) in [4.78, 5) is 30.9. The topological polar surface area (TPSA) is 82.8 Å². The van der Waals surface area contributed by atoms with Gasteiger partial charge in [-0.3, -0.25) is 14.6 Å². The Kier molecular flexibility index (Phi) is 7.58. The van der Waals surface area contributed by atoms with Crippen LogP contribution in [0.25, 0.3) is 11.3 Å². The van der Waals surface area contributed by atoms with Crippen molar-refractivity contribution in [1.82, 2.24) is 10.3 Å². The molecule has 0 bridgehead atoms. The van der Waals surface area contributed by atoms with Gasteiger partial charge in [-0.05, 0) is 85.6 Å². The van der Waals surface area contributed by atoms with Crippen molar-refractivity contribution in [1.29, 1.82) is 5.26 Å². The number of Topliss-reactive ketones (excluding diaryl/α,β-unsaturated/α-hetero) is 2. The highest BCUT2D eigenvalue weighted by Gasteiger charge is 2.46. The third kappa shape index (κ3) is 4.66. The first-order chi connectivity index (χ1) is 15.5. The highest BCUT2D eigenvalue weighted by atomic mass is 16.2. The van der Waals surface area contributed by atoms with Crippen LogP contribution in [-0.2, 0) is 16.0 Å².